The smallest absolute Gasteiger partial charge is 0.264 e. The topological polar surface area (TPSA) is 82.1 Å². The second-order valence-corrected chi connectivity index (χ2v) is 11.0. The standard InChI is InChI=1S/C29H36N6O3S/c1-23-5-7-24(8-6-23)25-9-10-27(31-30-25)33-11-3-12-34(16-15-33)28(36)22-35(29(37)26-4-2-21-39-26)14-13-32-17-19-38-20-18-32/h2,4-10,21H,3,11-20,22H2,1H3. The zero-order chi connectivity index (χ0) is 27.0. The molecule has 2 saturated heterocycles. The van der Waals surface area contributed by atoms with Crippen LogP contribution >= 0.6 is 11.3 Å². The van der Waals surface area contributed by atoms with Gasteiger partial charge in [-0.05, 0) is 36.9 Å². The van der Waals surface area contributed by atoms with Crippen molar-refractivity contribution >= 4 is 29.0 Å². The van der Waals surface area contributed by atoms with Crippen LogP contribution in [0.3, 0.4) is 0 Å². The molecule has 0 atom stereocenters. The number of benzene rings is 1. The van der Waals surface area contributed by atoms with Crippen molar-refractivity contribution in [3.05, 3.63) is 64.4 Å². The highest BCUT2D eigenvalue weighted by atomic mass is 32.1. The lowest BCUT2D eigenvalue weighted by Crippen LogP contribution is -2.47. The zero-order valence-corrected chi connectivity index (χ0v) is 23.3. The van der Waals surface area contributed by atoms with Gasteiger partial charge in [-0.2, -0.15) is 0 Å². The first-order valence-corrected chi connectivity index (χ1v) is 14.5. The summed E-state index contributed by atoms with van der Waals surface area (Å²) < 4.78 is 5.45. The minimum absolute atomic E-state index is 0.00969. The fourth-order valence-electron chi connectivity index (χ4n) is 4.93. The highest BCUT2D eigenvalue weighted by molar-refractivity contribution is 7.12. The number of anilines is 1. The van der Waals surface area contributed by atoms with Gasteiger partial charge in [0.2, 0.25) is 5.91 Å². The number of aromatic nitrogens is 2. The Bertz CT molecular complexity index is 1210. The van der Waals surface area contributed by atoms with E-state index >= 15 is 0 Å². The molecule has 3 aromatic rings. The average Bonchev–Trinajstić information content (AvgIpc) is 3.40. The highest BCUT2D eigenvalue weighted by Gasteiger charge is 2.26. The number of thiophene rings is 1. The molecular formula is C29H36N6O3S. The summed E-state index contributed by atoms with van der Waals surface area (Å²) in [5.74, 6) is 0.733. The molecule has 4 heterocycles. The second kappa shape index (κ2) is 13.1. The summed E-state index contributed by atoms with van der Waals surface area (Å²) in [5.41, 5.74) is 3.10. The van der Waals surface area contributed by atoms with E-state index in [1.807, 2.05) is 34.5 Å². The molecule has 2 aliphatic rings. The van der Waals surface area contributed by atoms with Gasteiger partial charge in [0.15, 0.2) is 5.82 Å². The summed E-state index contributed by atoms with van der Waals surface area (Å²) in [4.78, 5) is 35.4. The number of hydrogen-bond donors (Lipinski definition) is 0. The van der Waals surface area contributed by atoms with Crippen LogP contribution in [-0.2, 0) is 9.53 Å². The van der Waals surface area contributed by atoms with Gasteiger partial charge in [0.05, 0.1) is 23.8 Å². The van der Waals surface area contributed by atoms with Crippen molar-refractivity contribution in [2.45, 2.75) is 13.3 Å². The molecule has 10 heteroatoms. The molecule has 2 amide bonds. The van der Waals surface area contributed by atoms with Gasteiger partial charge in [-0.15, -0.1) is 21.5 Å². The van der Waals surface area contributed by atoms with Crippen molar-refractivity contribution in [2.75, 3.05) is 77.0 Å². The van der Waals surface area contributed by atoms with E-state index in [1.54, 1.807) is 4.90 Å². The van der Waals surface area contributed by atoms with Crippen molar-refractivity contribution in [3.8, 4) is 11.3 Å². The minimum atomic E-state index is -0.0769. The van der Waals surface area contributed by atoms with Crippen LogP contribution in [0.15, 0.2) is 53.9 Å². The van der Waals surface area contributed by atoms with E-state index in [0.29, 0.717) is 44.3 Å². The lowest BCUT2D eigenvalue weighted by Gasteiger charge is -2.31. The SMILES string of the molecule is Cc1ccc(-c2ccc(N3CCCN(C(=O)CN(CCN4CCOCC4)C(=O)c4cccs4)CC3)nn2)cc1. The molecule has 0 radical (unpaired) electrons. The Labute approximate surface area is 234 Å². The summed E-state index contributed by atoms with van der Waals surface area (Å²) in [5, 5.41) is 10.8. The van der Waals surface area contributed by atoms with Crippen LogP contribution in [-0.4, -0.2) is 109 Å². The van der Waals surface area contributed by atoms with E-state index in [-0.39, 0.29) is 18.4 Å². The Hall–Kier alpha value is -3.34. The van der Waals surface area contributed by atoms with Gasteiger partial charge < -0.3 is 19.4 Å². The fraction of sp³-hybridized carbons (Fsp3) is 0.448. The first-order valence-electron chi connectivity index (χ1n) is 13.6. The average molecular weight is 549 g/mol. The van der Waals surface area contributed by atoms with Crippen molar-refractivity contribution in [3.63, 3.8) is 0 Å². The van der Waals surface area contributed by atoms with Crippen molar-refractivity contribution < 1.29 is 14.3 Å². The van der Waals surface area contributed by atoms with Crippen molar-refractivity contribution in [2.24, 2.45) is 0 Å². The zero-order valence-electron chi connectivity index (χ0n) is 22.5. The predicted octanol–water partition coefficient (Wildman–Crippen LogP) is 3.03. The molecule has 0 aliphatic carbocycles. The molecule has 0 N–H and O–H groups in total. The monoisotopic (exact) mass is 548 g/mol. The van der Waals surface area contributed by atoms with Gasteiger partial charge >= 0.3 is 0 Å². The molecule has 2 aliphatic heterocycles. The maximum atomic E-state index is 13.4. The molecule has 206 valence electrons. The Morgan fingerprint density at radius 3 is 2.49 bits per heavy atom. The Balaban J connectivity index is 1.19. The molecule has 39 heavy (non-hydrogen) atoms. The largest absolute Gasteiger partial charge is 0.379 e. The maximum absolute atomic E-state index is 13.4. The molecule has 2 fully saturated rings. The molecule has 2 aromatic heterocycles. The van der Waals surface area contributed by atoms with E-state index in [9.17, 15) is 9.59 Å². The summed E-state index contributed by atoms with van der Waals surface area (Å²) >= 11 is 1.42. The van der Waals surface area contributed by atoms with E-state index in [0.717, 1.165) is 49.7 Å². The van der Waals surface area contributed by atoms with Crippen LogP contribution in [0.4, 0.5) is 5.82 Å². The normalized spacial score (nSPS) is 16.6. The minimum Gasteiger partial charge on any atom is -0.379 e. The molecule has 0 spiro atoms. The van der Waals surface area contributed by atoms with Gasteiger partial charge in [0.25, 0.3) is 5.91 Å². The van der Waals surface area contributed by atoms with E-state index in [2.05, 4.69) is 51.2 Å². The van der Waals surface area contributed by atoms with Gasteiger partial charge in [-0.3, -0.25) is 14.5 Å². The molecule has 0 unspecified atom stereocenters. The van der Waals surface area contributed by atoms with Gasteiger partial charge in [-0.1, -0.05) is 35.9 Å². The first kappa shape index (κ1) is 27.2. The second-order valence-electron chi connectivity index (χ2n) is 10.0. The maximum Gasteiger partial charge on any atom is 0.264 e. The van der Waals surface area contributed by atoms with Crippen LogP contribution < -0.4 is 4.90 Å². The van der Waals surface area contributed by atoms with Crippen LogP contribution in [0.1, 0.15) is 21.7 Å². The van der Waals surface area contributed by atoms with Gasteiger partial charge in [0, 0.05) is 57.9 Å². The van der Waals surface area contributed by atoms with E-state index in [4.69, 9.17) is 4.74 Å². The lowest BCUT2D eigenvalue weighted by atomic mass is 10.1. The van der Waals surface area contributed by atoms with Crippen LogP contribution in [0.5, 0.6) is 0 Å². The Morgan fingerprint density at radius 1 is 0.949 bits per heavy atom. The van der Waals surface area contributed by atoms with Gasteiger partial charge in [-0.25, -0.2) is 0 Å². The van der Waals surface area contributed by atoms with Crippen LogP contribution in [0.2, 0.25) is 0 Å². The lowest BCUT2D eigenvalue weighted by molar-refractivity contribution is -0.131. The number of rotatable bonds is 8. The highest BCUT2D eigenvalue weighted by Crippen LogP contribution is 2.20. The summed E-state index contributed by atoms with van der Waals surface area (Å²) in [6.07, 6.45) is 0.833. The first-order chi connectivity index (χ1) is 19.1. The fourth-order valence-corrected chi connectivity index (χ4v) is 5.62. The number of hydrogen-bond acceptors (Lipinski definition) is 8. The van der Waals surface area contributed by atoms with Crippen LogP contribution in [0.25, 0.3) is 11.3 Å². The third kappa shape index (κ3) is 7.20. The number of nitrogens with zero attached hydrogens (tertiary/aromatic N) is 6. The van der Waals surface area contributed by atoms with Gasteiger partial charge in [0.1, 0.15) is 6.54 Å². The summed E-state index contributed by atoms with van der Waals surface area (Å²) in [7, 11) is 0. The molecule has 1 aromatic carbocycles. The van der Waals surface area contributed by atoms with Crippen LogP contribution in [0, 0.1) is 6.92 Å². The third-order valence-electron chi connectivity index (χ3n) is 7.31. The molecule has 9 nitrogen and oxygen atoms in total. The Kier molecular flexibility index (Phi) is 9.18. The van der Waals surface area contributed by atoms with E-state index < -0.39 is 0 Å². The molecule has 0 bridgehead atoms. The number of aryl methyl sites for hydroxylation is 1. The van der Waals surface area contributed by atoms with Crippen molar-refractivity contribution in [1.82, 2.24) is 24.9 Å². The summed E-state index contributed by atoms with van der Waals surface area (Å²) in [6, 6.07) is 16.0. The Morgan fingerprint density at radius 2 is 1.77 bits per heavy atom. The van der Waals surface area contributed by atoms with Crippen molar-refractivity contribution in [1.29, 1.82) is 0 Å². The molecule has 5 rings (SSSR count). The third-order valence-corrected chi connectivity index (χ3v) is 8.16. The number of carbonyl (C=O) groups excluding carboxylic acids is 2. The number of carbonyl (C=O) groups is 2. The molecular weight excluding hydrogens is 512 g/mol. The number of morpholine rings is 1. The number of amides is 2. The quantitative estimate of drug-likeness (QED) is 0.428. The summed E-state index contributed by atoms with van der Waals surface area (Å²) in [6.45, 7) is 9.26. The number of ether oxygens (including phenoxy) is 1. The predicted molar refractivity (Wildman–Crippen MR) is 153 cm³/mol. The molecule has 0 saturated carbocycles. The van der Waals surface area contributed by atoms with E-state index in [1.165, 1.54) is 16.9 Å².